The fraction of sp³-hybridized carbons (Fsp3) is 0.536. The number of aliphatic carboxylic acids is 1. The van der Waals surface area contributed by atoms with E-state index in [2.05, 4.69) is 137 Å². The molecule has 0 aromatic heterocycles. The van der Waals surface area contributed by atoms with Crippen molar-refractivity contribution in [3.05, 3.63) is 191 Å². The van der Waals surface area contributed by atoms with E-state index >= 15 is 0 Å². The molecule has 6 aromatic rings. The van der Waals surface area contributed by atoms with Crippen LogP contribution >= 0.6 is 0 Å². The molecular formula is C110H157N5O21. The lowest BCUT2D eigenvalue weighted by molar-refractivity contribution is -0.142. The van der Waals surface area contributed by atoms with E-state index in [-0.39, 0.29) is 153 Å². The Labute approximate surface area is 808 Å². The molecule has 5 saturated heterocycles. The zero-order valence-electron chi connectivity index (χ0n) is 84.9. The summed E-state index contributed by atoms with van der Waals surface area (Å²) in [4.78, 5) is 177. The number of carboxylic acid groups (broad SMARTS) is 5. The lowest BCUT2D eigenvalue weighted by Gasteiger charge is -2.14. The summed E-state index contributed by atoms with van der Waals surface area (Å²) in [7, 11) is 1.73. The molecule has 748 valence electrons. The highest BCUT2D eigenvalue weighted by atomic mass is 16.5. The molecule has 0 spiro atoms. The van der Waals surface area contributed by atoms with Gasteiger partial charge in [-0.1, -0.05) is 315 Å². The third kappa shape index (κ3) is 38.5. The van der Waals surface area contributed by atoms with E-state index in [9.17, 15) is 71.9 Å². The summed E-state index contributed by atoms with van der Waals surface area (Å²) < 4.78 is 4.90. The number of unbranched alkanes of at least 4 members (excludes halogenated alkanes) is 14. The maximum atomic E-state index is 11.9. The van der Waals surface area contributed by atoms with Crippen LogP contribution in [-0.2, 0) is 57.5 Å². The first-order valence-electron chi connectivity index (χ1n) is 48.9. The zero-order valence-corrected chi connectivity index (χ0v) is 84.9. The standard InChI is InChI=1S/C20H42.4C13H13NO4.2C10H14.C9H13NO4.C5H12O.C4H10/c1-4-6-7-8-9-10-11-12-13-14-15-16-17-18-19-20(3)5-2;4*1-7-8(2)12(16)14(11(7)15)10-5-3-9(4-6-10)13(17)18;2*1-3-9(2)10-7-5-4-6-8-10;1-5-6(2)9(14)10(8(5)13)4-3-7(11)12;1-4-5(2)6-3;1-3-4-2/h20H,4-19H2,1-3H3;4*3-8H,1-2H3,(H,17,18);2*4-9H,3H2,1-2H3;5-6H,3-4H2,1-2H3,(H,11,12);5H,4H2,1-3H3;3-4H2,1-2H3. The van der Waals surface area contributed by atoms with Gasteiger partial charge in [-0.3, -0.25) is 77.2 Å². The monoisotopic (exact) mass is 1880 g/mol. The maximum absolute atomic E-state index is 11.9. The van der Waals surface area contributed by atoms with Crippen molar-refractivity contribution in [2.75, 3.05) is 33.3 Å². The minimum absolute atomic E-state index is 0.0122. The average molecular weight is 1890 g/mol. The van der Waals surface area contributed by atoms with Crippen LogP contribution in [0, 0.1) is 65.1 Å². The molecule has 26 heteroatoms. The Balaban J connectivity index is 0.000000522. The van der Waals surface area contributed by atoms with Gasteiger partial charge in [-0.25, -0.2) is 19.2 Å². The van der Waals surface area contributed by atoms with E-state index in [1.165, 1.54) is 237 Å². The van der Waals surface area contributed by atoms with Crippen LogP contribution in [0.2, 0.25) is 0 Å². The molecule has 5 fully saturated rings. The molecule has 5 heterocycles. The Bertz CT molecular complexity index is 4170. The molecule has 0 saturated carbocycles. The molecule has 5 aliphatic rings. The zero-order chi connectivity index (χ0) is 103. The molecule has 0 radical (unpaired) electrons. The molecule has 6 aromatic carbocycles. The second kappa shape index (κ2) is 63.6. The number of aromatic carboxylic acids is 4. The topological polar surface area (TPSA) is 383 Å². The first-order valence-corrected chi connectivity index (χ1v) is 48.9. The van der Waals surface area contributed by atoms with Crippen LogP contribution < -0.4 is 19.6 Å². The fourth-order valence-electron chi connectivity index (χ4n) is 14.4. The Morgan fingerprint density at radius 1 is 0.287 bits per heavy atom. The van der Waals surface area contributed by atoms with Gasteiger partial charge in [0.2, 0.25) is 59.1 Å². The number of amides is 10. The number of carboxylic acids is 5. The Morgan fingerprint density at radius 2 is 0.507 bits per heavy atom. The predicted octanol–water partition coefficient (Wildman–Crippen LogP) is 23.8. The molecule has 14 unspecified atom stereocenters. The van der Waals surface area contributed by atoms with Crippen molar-refractivity contribution in [3.63, 3.8) is 0 Å². The summed E-state index contributed by atoms with van der Waals surface area (Å²) in [5, 5.41) is 43.6. The molecule has 0 aliphatic carbocycles. The van der Waals surface area contributed by atoms with Crippen LogP contribution in [0.15, 0.2) is 158 Å². The third-order valence-electron chi connectivity index (χ3n) is 26.2. The number of nitrogens with zero attached hydrogens (tertiary/aromatic N) is 5. The number of benzene rings is 6. The van der Waals surface area contributed by atoms with Gasteiger partial charge in [0.15, 0.2) is 0 Å². The van der Waals surface area contributed by atoms with Crippen molar-refractivity contribution in [1.82, 2.24) is 4.90 Å². The molecular weight excluding hydrogens is 1730 g/mol. The third-order valence-corrected chi connectivity index (χ3v) is 26.2. The van der Waals surface area contributed by atoms with E-state index in [1.807, 2.05) is 0 Å². The Hall–Kier alpha value is -11.7. The van der Waals surface area contributed by atoms with Crippen LogP contribution in [0.25, 0.3) is 0 Å². The molecule has 0 bridgehead atoms. The molecule has 5 aliphatic heterocycles. The average Bonchev–Trinajstić information content (AvgIpc) is 1.67. The lowest BCUT2D eigenvalue weighted by atomic mass is 9.99. The van der Waals surface area contributed by atoms with Gasteiger partial charge in [0.05, 0.1) is 57.5 Å². The van der Waals surface area contributed by atoms with Gasteiger partial charge >= 0.3 is 29.8 Å². The van der Waals surface area contributed by atoms with E-state index < -0.39 is 29.8 Å². The number of carbonyl (C=O) groups excluding carboxylic acids is 10. The molecule has 10 amide bonds. The van der Waals surface area contributed by atoms with Gasteiger partial charge in [-0.15, -0.1) is 0 Å². The number of hydrogen-bond acceptors (Lipinski definition) is 16. The van der Waals surface area contributed by atoms with Crippen molar-refractivity contribution in [1.29, 1.82) is 0 Å². The molecule has 5 N–H and O–H groups in total. The minimum atomic E-state index is -1.04. The van der Waals surface area contributed by atoms with E-state index in [4.69, 9.17) is 30.3 Å². The summed E-state index contributed by atoms with van der Waals surface area (Å²) in [6, 6.07) is 44.1. The minimum Gasteiger partial charge on any atom is -0.481 e. The number of hydrogen-bond donors (Lipinski definition) is 5. The van der Waals surface area contributed by atoms with E-state index in [0.717, 1.165) is 36.8 Å². The molecule has 11 rings (SSSR count). The van der Waals surface area contributed by atoms with Crippen molar-refractivity contribution in [3.8, 4) is 0 Å². The smallest absolute Gasteiger partial charge is 0.335 e. The highest BCUT2D eigenvalue weighted by molar-refractivity contribution is 6.24. The van der Waals surface area contributed by atoms with Gasteiger partial charge in [0.25, 0.3) is 0 Å². The number of methoxy groups -OCH3 is 1. The highest BCUT2D eigenvalue weighted by Gasteiger charge is 2.47. The number of carbonyl (C=O) groups is 15. The second-order valence-corrected chi connectivity index (χ2v) is 36.1. The summed E-state index contributed by atoms with van der Waals surface area (Å²) in [6.07, 6.45) is 29.8. The van der Waals surface area contributed by atoms with Crippen LogP contribution in [-0.4, -0.2) is 139 Å². The van der Waals surface area contributed by atoms with Gasteiger partial charge in [-0.2, -0.15) is 0 Å². The first kappa shape index (κ1) is 120. The van der Waals surface area contributed by atoms with Crippen LogP contribution in [0.5, 0.6) is 0 Å². The van der Waals surface area contributed by atoms with Crippen molar-refractivity contribution >= 4 is 112 Å². The van der Waals surface area contributed by atoms with Crippen molar-refractivity contribution < 1.29 is 102 Å². The summed E-state index contributed by atoms with van der Waals surface area (Å²) in [6.45, 7) is 41.6. The summed E-state index contributed by atoms with van der Waals surface area (Å²) in [5.41, 5.74) is 5.08. The van der Waals surface area contributed by atoms with E-state index in [0.29, 0.717) is 40.7 Å². The summed E-state index contributed by atoms with van der Waals surface area (Å²) >= 11 is 0. The van der Waals surface area contributed by atoms with Crippen molar-refractivity contribution in [2.45, 2.75) is 305 Å². The largest absolute Gasteiger partial charge is 0.481 e. The fourth-order valence-corrected chi connectivity index (χ4v) is 14.4. The predicted molar refractivity (Wildman–Crippen MR) is 536 cm³/mol. The van der Waals surface area contributed by atoms with Gasteiger partial charge < -0.3 is 30.3 Å². The quantitative estimate of drug-likeness (QED) is 0.0185. The summed E-state index contributed by atoms with van der Waals surface area (Å²) in [5.74, 6) is -8.57. The number of likely N-dealkylation sites (tertiary alicyclic amines) is 1. The van der Waals surface area contributed by atoms with Gasteiger partial charge in [-0.05, 0) is 152 Å². The van der Waals surface area contributed by atoms with Crippen LogP contribution in [0.3, 0.4) is 0 Å². The molecule has 136 heavy (non-hydrogen) atoms. The highest BCUT2D eigenvalue weighted by Crippen LogP contribution is 2.36. The number of imide groups is 5. The molecule has 26 nitrogen and oxygen atoms in total. The lowest BCUT2D eigenvalue weighted by Crippen LogP contribution is -2.32. The normalized spacial score (nSPS) is 19.9. The van der Waals surface area contributed by atoms with Crippen LogP contribution in [0.1, 0.15) is 351 Å². The SMILES string of the molecule is CC1C(=O)N(CCC(=O)O)C(=O)C1C.CC1C(=O)N(c2ccc(C(=O)O)cc2)C(=O)C1C.CC1C(=O)N(c2ccc(C(=O)O)cc2)C(=O)C1C.CC1C(=O)N(c2ccc(C(=O)O)cc2)C(=O)C1C.CC1C(=O)N(c2ccc(C(=O)O)cc2)C(=O)C1C.CCC(C)OC.CCC(C)c1ccccc1.CCC(C)c1ccccc1.CCCC.CCCCCCCCCCCCCCCCC(C)CC. The second-order valence-electron chi connectivity index (χ2n) is 36.1. The van der Waals surface area contributed by atoms with Crippen molar-refractivity contribution in [2.24, 2.45) is 65.1 Å². The van der Waals surface area contributed by atoms with E-state index in [1.54, 1.807) is 76.3 Å². The Morgan fingerprint density at radius 3 is 0.684 bits per heavy atom. The number of ether oxygens (including phenoxy) is 1. The van der Waals surface area contributed by atoms with Gasteiger partial charge in [0.1, 0.15) is 0 Å². The first-order chi connectivity index (χ1) is 64.4. The number of anilines is 4. The van der Waals surface area contributed by atoms with Crippen LogP contribution in [0.4, 0.5) is 22.7 Å². The Kier molecular flexibility index (Phi) is 56.3. The number of rotatable bonds is 34. The maximum Gasteiger partial charge on any atom is 0.335 e. The van der Waals surface area contributed by atoms with Gasteiger partial charge in [0, 0.05) is 72.8 Å². The molecule has 14 atom stereocenters.